The molecule has 3 aromatic rings. The maximum atomic E-state index is 13.0. The highest BCUT2D eigenvalue weighted by Crippen LogP contribution is 2.31. The lowest BCUT2D eigenvalue weighted by atomic mass is 10.1. The lowest BCUT2D eigenvalue weighted by Gasteiger charge is -2.15. The van der Waals surface area contributed by atoms with Gasteiger partial charge in [0, 0.05) is 11.3 Å². The fraction of sp³-hybridized carbons (Fsp3) is 0.115. The Bertz CT molecular complexity index is 1320. The van der Waals surface area contributed by atoms with Gasteiger partial charge in [0.1, 0.15) is 22.2 Å². The Hall–Kier alpha value is -4.30. The van der Waals surface area contributed by atoms with Crippen molar-refractivity contribution in [2.75, 3.05) is 29.3 Å². The highest BCUT2D eigenvalue weighted by Gasteiger charge is 2.39. The predicted octanol–water partition coefficient (Wildman–Crippen LogP) is 4.78. The van der Waals surface area contributed by atoms with E-state index in [2.05, 4.69) is 10.6 Å². The molecule has 0 radical (unpaired) electrons. The number of ether oxygens (including phenoxy) is 2. The van der Waals surface area contributed by atoms with Gasteiger partial charge in [0.15, 0.2) is 0 Å². The SMILES string of the molecule is CCOc1ccccc1NC(=O)c1cccc(NC2=C(Cl)C(=O)N(c3ccc(OC)cc3)C2=O)c1. The number of para-hydroxylation sites is 2. The van der Waals surface area contributed by atoms with Crippen molar-refractivity contribution >= 4 is 46.4 Å². The molecule has 0 saturated carbocycles. The molecular formula is C26H22ClN3O5. The molecule has 0 atom stereocenters. The van der Waals surface area contributed by atoms with Crippen LogP contribution in [0.2, 0.25) is 0 Å². The van der Waals surface area contributed by atoms with Gasteiger partial charge in [0.2, 0.25) is 0 Å². The van der Waals surface area contributed by atoms with Crippen molar-refractivity contribution in [3.63, 3.8) is 0 Å². The highest BCUT2D eigenvalue weighted by molar-refractivity contribution is 6.53. The number of imide groups is 1. The van der Waals surface area contributed by atoms with Gasteiger partial charge in [-0.3, -0.25) is 14.4 Å². The van der Waals surface area contributed by atoms with E-state index in [0.29, 0.717) is 40.7 Å². The van der Waals surface area contributed by atoms with Crippen LogP contribution in [0.1, 0.15) is 17.3 Å². The Morgan fingerprint density at radius 1 is 0.971 bits per heavy atom. The third-order valence-corrected chi connectivity index (χ3v) is 5.54. The zero-order chi connectivity index (χ0) is 24.9. The van der Waals surface area contributed by atoms with Gasteiger partial charge in [-0.25, -0.2) is 4.90 Å². The molecule has 3 aromatic carbocycles. The average Bonchev–Trinajstić information content (AvgIpc) is 3.08. The van der Waals surface area contributed by atoms with Crippen LogP contribution in [0.5, 0.6) is 11.5 Å². The standard InChI is InChI=1S/C26H22ClN3O5/c1-3-35-21-10-5-4-9-20(21)29-24(31)16-7-6-8-17(15-16)28-23-22(27)25(32)30(26(23)33)18-11-13-19(34-2)14-12-18/h4-15,28H,3H2,1-2H3,(H,29,31). The molecule has 0 aliphatic carbocycles. The summed E-state index contributed by atoms with van der Waals surface area (Å²) in [5.41, 5.74) is 1.57. The van der Waals surface area contributed by atoms with E-state index in [1.54, 1.807) is 66.7 Å². The van der Waals surface area contributed by atoms with E-state index >= 15 is 0 Å². The molecule has 1 aliphatic heterocycles. The molecule has 178 valence electrons. The number of anilines is 3. The predicted molar refractivity (Wildman–Crippen MR) is 134 cm³/mol. The molecule has 0 saturated heterocycles. The van der Waals surface area contributed by atoms with Crippen LogP contribution < -0.4 is 25.0 Å². The van der Waals surface area contributed by atoms with Crippen molar-refractivity contribution in [3.05, 3.63) is 89.1 Å². The number of halogens is 1. The summed E-state index contributed by atoms with van der Waals surface area (Å²) in [6.07, 6.45) is 0. The van der Waals surface area contributed by atoms with E-state index in [1.807, 2.05) is 13.0 Å². The summed E-state index contributed by atoms with van der Waals surface area (Å²) in [6.45, 7) is 2.32. The van der Waals surface area contributed by atoms with Crippen LogP contribution in [0.15, 0.2) is 83.5 Å². The van der Waals surface area contributed by atoms with Gasteiger partial charge in [0.25, 0.3) is 17.7 Å². The minimum atomic E-state index is -0.647. The van der Waals surface area contributed by atoms with Crippen LogP contribution in [-0.4, -0.2) is 31.4 Å². The second-order valence-corrected chi connectivity index (χ2v) is 7.80. The van der Waals surface area contributed by atoms with Gasteiger partial charge in [-0.05, 0) is 61.5 Å². The zero-order valence-electron chi connectivity index (χ0n) is 19.0. The fourth-order valence-corrected chi connectivity index (χ4v) is 3.72. The summed E-state index contributed by atoms with van der Waals surface area (Å²) in [5.74, 6) is -0.474. The number of carbonyl (C=O) groups is 3. The van der Waals surface area contributed by atoms with Crippen LogP contribution in [-0.2, 0) is 9.59 Å². The van der Waals surface area contributed by atoms with Gasteiger partial charge >= 0.3 is 0 Å². The second kappa shape index (κ2) is 10.3. The normalized spacial score (nSPS) is 13.2. The Labute approximate surface area is 207 Å². The summed E-state index contributed by atoms with van der Waals surface area (Å²) >= 11 is 6.22. The molecule has 3 amide bonds. The third kappa shape index (κ3) is 4.97. The van der Waals surface area contributed by atoms with Crippen molar-refractivity contribution in [1.82, 2.24) is 0 Å². The Kier molecular flexibility index (Phi) is 7.03. The lowest BCUT2D eigenvalue weighted by molar-refractivity contribution is -0.120. The Balaban J connectivity index is 1.52. The molecule has 0 aromatic heterocycles. The van der Waals surface area contributed by atoms with Crippen molar-refractivity contribution in [1.29, 1.82) is 0 Å². The largest absolute Gasteiger partial charge is 0.497 e. The molecule has 0 spiro atoms. The minimum absolute atomic E-state index is 0.0771. The van der Waals surface area contributed by atoms with E-state index in [4.69, 9.17) is 21.1 Å². The van der Waals surface area contributed by atoms with Crippen molar-refractivity contribution < 1.29 is 23.9 Å². The summed E-state index contributed by atoms with van der Waals surface area (Å²) in [7, 11) is 1.52. The molecule has 35 heavy (non-hydrogen) atoms. The summed E-state index contributed by atoms with van der Waals surface area (Å²) in [4.78, 5) is 39.6. The lowest BCUT2D eigenvalue weighted by Crippen LogP contribution is -2.32. The molecule has 2 N–H and O–H groups in total. The van der Waals surface area contributed by atoms with Gasteiger partial charge < -0.3 is 20.1 Å². The van der Waals surface area contributed by atoms with Gasteiger partial charge in [0.05, 0.1) is 25.1 Å². The molecule has 0 bridgehead atoms. The zero-order valence-corrected chi connectivity index (χ0v) is 19.8. The molecule has 9 heteroatoms. The highest BCUT2D eigenvalue weighted by atomic mass is 35.5. The van der Waals surface area contributed by atoms with E-state index in [1.165, 1.54) is 7.11 Å². The summed E-state index contributed by atoms with van der Waals surface area (Å²) in [6, 6.07) is 20.1. The maximum Gasteiger partial charge on any atom is 0.283 e. The number of nitrogens with one attached hydrogen (secondary N) is 2. The van der Waals surface area contributed by atoms with E-state index < -0.39 is 11.8 Å². The molecule has 1 heterocycles. The first kappa shape index (κ1) is 23.8. The van der Waals surface area contributed by atoms with Gasteiger partial charge in [-0.1, -0.05) is 29.8 Å². The molecule has 0 unspecified atom stereocenters. The number of carbonyl (C=O) groups excluding carboxylic acids is 3. The number of benzene rings is 3. The molecule has 4 rings (SSSR count). The quantitative estimate of drug-likeness (QED) is 0.440. The number of rotatable bonds is 8. The van der Waals surface area contributed by atoms with Crippen molar-refractivity contribution in [2.24, 2.45) is 0 Å². The molecular weight excluding hydrogens is 470 g/mol. The number of nitrogens with zero attached hydrogens (tertiary/aromatic N) is 1. The van der Waals surface area contributed by atoms with Crippen LogP contribution in [0.3, 0.4) is 0 Å². The average molecular weight is 492 g/mol. The number of methoxy groups -OCH3 is 1. The van der Waals surface area contributed by atoms with Gasteiger partial charge in [-0.15, -0.1) is 0 Å². The number of hydrogen-bond donors (Lipinski definition) is 2. The molecule has 1 aliphatic rings. The summed E-state index contributed by atoms with van der Waals surface area (Å²) < 4.78 is 10.7. The van der Waals surface area contributed by atoms with E-state index in [-0.39, 0.29) is 16.6 Å². The van der Waals surface area contributed by atoms with Gasteiger partial charge in [-0.2, -0.15) is 0 Å². The maximum absolute atomic E-state index is 13.0. The van der Waals surface area contributed by atoms with E-state index in [0.717, 1.165) is 4.90 Å². The minimum Gasteiger partial charge on any atom is -0.497 e. The van der Waals surface area contributed by atoms with Crippen LogP contribution in [0, 0.1) is 0 Å². The first-order valence-electron chi connectivity index (χ1n) is 10.8. The smallest absolute Gasteiger partial charge is 0.283 e. The summed E-state index contributed by atoms with van der Waals surface area (Å²) in [5, 5.41) is 5.47. The fourth-order valence-electron chi connectivity index (χ4n) is 3.51. The first-order chi connectivity index (χ1) is 16.9. The van der Waals surface area contributed by atoms with Crippen LogP contribution >= 0.6 is 11.6 Å². The first-order valence-corrected chi connectivity index (χ1v) is 11.1. The van der Waals surface area contributed by atoms with Crippen molar-refractivity contribution in [3.8, 4) is 11.5 Å². The van der Waals surface area contributed by atoms with Crippen molar-refractivity contribution in [2.45, 2.75) is 6.92 Å². The number of amides is 3. The molecule has 8 nitrogen and oxygen atoms in total. The number of hydrogen-bond acceptors (Lipinski definition) is 6. The topological polar surface area (TPSA) is 97.0 Å². The van der Waals surface area contributed by atoms with Crippen LogP contribution in [0.25, 0.3) is 0 Å². The Morgan fingerprint density at radius 2 is 1.71 bits per heavy atom. The monoisotopic (exact) mass is 491 g/mol. The second-order valence-electron chi connectivity index (χ2n) is 7.42. The third-order valence-electron chi connectivity index (χ3n) is 5.19. The van der Waals surface area contributed by atoms with Crippen LogP contribution in [0.4, 0.5) is 17.1 Å². The van der Waals surface area contributed by atoms with E-state index in [9.17, 15) is 14.4 Å². The molecule has 0 fully saturated rings. The Morgan fingerprint density at radius 3 is 2.43 bits per heavy atom.